The molecule has 9 rings (SSSR count). The minimum Gasteiger partial charge on any atom is -0.503 e. The first-order chi connectivity index (χ1) is 26.2. The van der Waals surface area contributed by atoms with Crippen molar-refractivity contribution >= 4 is 54.4 Å². The number of imidazole rings is 1. The summed E-state index contributed by atoms with van der Waals surface area (Å²) in [6, 6.07) is 43.4. The Morgan fingerprint density at radius 1 is 0.589 bits per heavy atom. The molecule has 0 aliphatic heterocycles. The van der Waals surface area contributed by atoms with E-state index in [4.69, 9.17) is 9.72 Å². The van der Waals surface area contributed by atoms with Crippen LogP contribution >= 0.6 is 0 Å². The van der Waals surface area contributed by atoms with E-state index in [-0.39, 0.29) is 37.3 Å². The van der Waals surface area contributed by atoms with Crippen LogP contribution in [0.1, 0.15) is 79.0 Å². The molecule has 0 aliphatic carbocycles. The van der Waals surface area contributed by atoms with Crippen molar-refractivity contribution < 1.29 is 25.8 Å². The molecule has 0 fully saturated rings. The molecule has 3 aromatic heterocycles. The molecule has 6 aromatic carbocycles. The maximum atomic E-state index is 6.59. The van der Waals surface area contributed by atoms with Gasteiger partial charge in [0.2, 0.25) is 0 Å². The van der Waals surface area contributed by atoms with Crippen molar-refractivity contribution in [2.45, 2.75) is 78.6 Å². The number of para-hydroxylation sites is 1. The van der Waals surface area contributed by atoms with Crippen LogP contribution in [-0.4, -0.2) is 19.1 Å². The van der Waals surface area contributed by atoms with E-state index in [0.717, 1.165) is 60.2 Å². The third kappa shape index (κ3) is 6.31. The molecule has 282 valence electrons. The van der Waals surface area contributed by atoms with E-state index in [2.05, 4.69) is 161 Å². The number of hydrogen-bond acceptors (Lipinski definition) is 3. The van der Waals surface area contributed by atoms with Gasteiger partial charge in [-0.15, -0.1) is 40.4 Å². The molecule has 6 heteroatoms. The van der Waals surface area contributed by atoms with Gasteiger partial charge in [0.15, 0.2) is 0 Å². The summed E-state index contributed by atoms with van der Waals surface area (Å²) in [6.07, 6.45) is 3.84. The number of benzene rings is 6. The van der Waals surface area contributed by atoms with Crippen molar-refractivity contribution in [3.8, 4) is 23.0 Å². The minimum absolute atomic E-state index is 0. The number of hydrogen-bond donors (Lipinski definition) is 0. The molecule has 0 saturated heterocycles. The zero-order valence-electron chi connectivity index (χ0n) is 33.5. The predicted molar refractivity (Wildman–Crippen MR) is 229 cm³/mol. The molecule has 0 aliphatic rings. The molecule has 0 bridgehead atoms. The Morgan fingerprint density at radius 3 is 1.93 bits per heavy atom. The molecular weight excluding hydrogens is 868 g/mol. The summed E-state index contributed by atoms with van der Waals surface area (Å²) in [6.45, 7) is 20.8. The summed E-state index contributed by atoms with van der Waals surface area (Å²) in [4.78, 5) is 9.86. The van der Waals surface area contributed by atoms with Gasteiger partial charge in [0.1, 0.15) is 5.82 Å². The number of ether oxygens (including phenoxy) is 1. The fraction of sp³-hybridized carbons (Fsp3) is 0.240. The number of rotatable bonds is 4. The predicted octanol–water partition coefficient (Wildman–Crippen LogP) is 13.1. The van der Waals surface area contributed by atoms with Crippen LogP contribution in [0.2, 0.25) is 0 Å². The van der Waals surface area contributed by atoms with Crippen molar-refractivity contribution in [1.82, 2.24) is 19.1 Å². The van der Waals surface area contributed by atoms with E-state index in [1.54, 1.807) is 0 Å². The first-order valence-corrected chi connectivity index (χ1v) is 19.2. The first kappa shape index (κ1) is 37.7. The SMILES string of the molecule is CC(C)(C)c1cc(C(C)(C)C)c(-n2cnc3c4c(ccc5ccc(Oc6[c-]c7c(cc6)c6ccccc6n7-c6ccccn6)[c-]c54)ccc32)c(C(C)(C)C)c1.[Pt+2]. The molecule has 56 heavy (non-hydrogen) atoms. The molecule has 0 N–H and O–H groups in total. The second-order valence-corrected chi connectivity index (χ2v) is 17.9. The number of fused-ring (bicyclic) bond motifs is 8. The average Bonchev–Trinajstić information content (AvgIpc) is 3.72. The van der Waals surface area contributed by atoms with Gasteiger partial charge in [-0.25, -0.2) is 9.97 Å². The summed E-state index contributed by atoms with van der Waals surface area (Å²) in [5.41, 5.74) is 9.04. The van der Waals surface area contributed by atoms with E-state index in [0.29, 0.717) is 11.5 Å². The monoisotopic (exact) mass is 913 g/mol. The molecule has 3 heterocycles. The normalized spacial score (nSPS) is 12.6. The van der Waals surface area contributed by atoms with E-state index >= 15 is 0 Å². The van der Waals surface area contributed by atoms with Crippen molar-refractivity contribution in [2.75, 3.05) is 0 Å². The van der Waals surface area contributed by atoms with Crippen molar-refractivity contribution in [2.24, 2.45) is 0 Å². The van der Waals surface area contributed by atoms with Gasteiger partial charge in [-0.05, 0) is 62.6 Å². The number of aromatic nitrogens is 4. The Balaban J connectivity index is 0.00000441. The molecule has 0 radical (unpaired) electrons. The summed E-state index contributed by atoms with van der Waals surface area (Å²) >= 11 is 0. The van der Waals surface area contributed by atoms with Crippen molar-refractivity contribution in [3.63, 3.8) is 0 Å². The van der Waals surface area contributed by atoms with Gasteiger partial charge in [0.25, 0.3) is 0 Å². The zero-order chi connectivity index (χ0) is 38.4. The van der Waals surface area contributed by atoms with Gasteiger partial charge in [-0.2, -0.15) is 6.07 Å². The Kier molecular flexibility index (Phi) is 9.05. The van der Waals surface area contributed by atoms with Crippen LogP contribution in [-0.2, 0) is 37.3 Å². The number of nitrogens with zero attached hydrogens (tertiary/aromatic N) is 4. The van der Waals surface area contributed by atoms with Gasteiger partial charge in [-0.1, -0.05) is 139 Å². The van der Waals surface area contributed by atoms with Crippen LogP contribution in [0.3, 0.4) is 0 Å². The fourth-order valence-electron chi connectivity index (χ4n) is 8.00. The summed E-state index contributed by atoms with van der Waals surface area (Å²) in [5.74, 6) is 2.07. The molecule has 0 amide bonds. The third-order valence-electron chi connectivity index (χ3n) is 10.9. The first-order valence-electron chi connectivity index (χ1n) is 19.2. The van der Waals surface area contributed by atoms with E-state index in [9.17, 15) is 0 Å². The van der Waals surface area contributed by atoms with Crippen LogP contribution in [0.15, 0.2) is 116 Å². The molecule has 9 aromatic rings. The van der Waals surface area contributed by atoms with E-state index < -0.39 is 0 Å². The van der Waals surface area contributed by atoms with Gasteiger partial charge in [0.05, 0.1) is 23.0 Å². The standard InChI is InChI=1S/C50H46N4O.Pt/c1-48(2,3)33-26-39(49(4,5)6)47(40(27-33)50(7,8)9)53-30-52-46-42(53)24-20-32-18-17-31-19-21-34(28-38(31)45(32)46)55-35-22-23-37-36-14-10-11-15-41(36)54(43(37)29-35)44-16-12-13-25-51-44;/h10-27,30H,1-9H3;/q-2;+2. The van der Waals surface area contributed by atoms with Crippen LogP contribution in [0, 0.1) is 12.1 Å². The Bertz CT molecular complexity index is 2920. The fourth-order valence-corrected chi connectivity index (χ4v) is 8.00. The maximum Gasteiger partial charge on any atom is 2.00 e. The largest absolute Gasteiger partial charge is 2.00 e. The van der Waals surface area contributed by atoms with Crippen LogP contribution in [0.25, 0.3) is 65.9 Å². The molecular formula is C50H46N4OPt. The quantitative estimate of drug-likeness (QED) is 0.131. The van der Waals surface area contributed by atoms with E-state index in [1.807, 2.05) is 42.9 Å². The van der Waals surface area contributed by atoms with Gasteiger partial charge >= 0.3 is 21.1 Å². The molecule has 5 nitrogen and oxygen atoms in total. The van der Waals surface area contributed by atoms with Crippen molar-refractivity contribution in [3.05, 3.63) is 144 Å². The van der Waals surface area contributed by atoms with Crippen LogP contribution in [0.4, 0.5) is 0 Å². The van der Waals surface area contributed by atoms with Crippen molar-refractivity contribution in [1.29, 1.82) is 0 Å². The minimum atomic E-state index is -0.0945. The molecule has 0 unspecified atom stereocenters. The maximum absolute atomic E-state index is 6.59. The third-order valence-corrected chi connectivity index (χ3v) is 10.9. The summed E-state index contributed by atoms with van der Waals surface area (Å²) in [7, 11) is 0. The smallest absolute Gasteiger partial charge is 0.503 e. The number of pyridine rings is 1. The topological polar surface area (TPSA) is 44.9 Å². The molecule has 0 saturated carbocycles. The van der Waals surface area contributed by atoms with Crippen LogP contribution in [0.5, 0.6) is 11.5 Å². The molecule has 0 spiro atoms. The Labute approximate surface area is 343 Å². The second kappa shape index (κ2) is 13.5. The molecule has 0 atom stereocenters. The summed E-state index contributed by atoms with van der Waals surface area (Å²) < 4.78 is 11.1. The van der Waals surface area contributed by atoms with Crippen LogP contribution < -0.4 is 4.74 Å². The van der Waals surface area contributed by atoms with Gasteiger partial charge in [0, 0.05) is 23.2 Å². The Hall–Kier alpha value is -5.25. The summed E-state index contributed by atoms with van der Waals surface area (Å²) in [5, 5.41) is 6.47. The van der Waals surface area contributed by atoms with Gasteiger partial charge < -0.3 is 9.30 Å². The average molecular weight is 914 g/mol. The second-order valence-electron chi connectivity index (χ2n) is 17.9. The zero-order valence-corrected chi connectivity index (χ0v) is 35.8. The van der Waals surface area contributed by atoms with E-state index in [1.165, 1.54) is 22.4 Å². The Morgan fingerprint density at radius 2 is 1.23 bits per heavy atom. The van der Waals surface area contributed by atoms with Gasteiger partial charge in [-0.3, -0.25) is 4.57 Å².